The average Bonchev–Trinajstić information content (AvgIpc) is 2.83. The van der Waals surface area contributed by atoms with Crippen LogP contribution in [-0.4, -0.2) is 15.6 Å². The molecular formula is C16H18N2O2. The molecule has 1 amide bonds. The Bertz CT molecular complexity index is 614. The standard InChI is InChI=1S/C16H18N2O2/c19-14-7-1-4-12(10-14)11-17-16(20)15-8-3-9-18(15)13-5-2-6-13/h1,3-4,7-10,13,19H,2,5-6,11H2,(H,17,20). The summed E-state index contributed by atoms with van der Waals surface area (Å²) in [6.07, 6.45) is 5.53. The third kappa shape index (κ3) is 2.54. The van der Waals surface area contributed by atoms with Gasteiger partial charge in [0.15, 0.2) is 0 Å². The molecular weight excluding hydrogens is 252 g/mol. The number of hydrogen-bond acceptors (Lipinski definition) is 2. The molecule has 1 aliphatic carbocycles. The van der Waals surface area contributed by atoms with E-state index in [-0.39, 0.29) is 11.7 Å². The second kappa shape index (κ2) is 5.41. The number of aromatic hydroxyl groups is 1. The first-order valence-corrected chi connectivity index (χ1v) is 6.97. The first kappa shape index (κ1) is 12.8. The Kier molecular flexibility index (Phi) is 3.46. The van der Waals surface area contributed by atoms with Gasteiger partial charge in [-0.3, -0.25) is 4.79 Å². The molecule has 20 heavy (non-hydrogen) atoms. The van der Waals surface area contributed by atoms with Crippen molar-refractivity contribution in [2.75, 3.05) is 0 Å². The van der Waals surface area contributed by atoms with Crippen LogP contribution in [0.3, 0.4) is 0 Å². The Morgan fingerprint density at radius 2 is 2.15 bits per heavy atom. The predicted molar refractivity (Wildman–Crippen MR) is 76.6 cm³/mol. The number of phenolic OH excluding ortho intramolecular Hbond substituents is 1. The molecule has 2 N–H and O–H groups in total. The molecule has 0 saturated heterocycles. The minimum atomic E-state index is -0.0646. The van der Waals surface area contributed by atoms with Crippen LogP contribution in [0, 0.1) is 0 Å². The molecule has 1 aromatic heterocycles. The predicted octanol–water partition coefficient (Wildman–Crippen LogP) is 2.85. The SMILES string of the molecule is O=C(NCc1cccc(O)c1)c1cccn1C1CCC1. The van der Waals surface area contributed by atoms with Gasteiger partial charge in [-0.2, -0.15) is 0 Å². The molecule has 3 rings (SSSR count). The van der Waals surface area contributed by atoms with Gasteiger partial charge in [-0.15, -0.1) is 0 Å². The maximum atomic E-state index is 12.2. The van der Waals surface area contributed by atoms with Gasteiger partial charge in [0, 0.05) is 18.8 Å². The van der Waals surface area contributed by atoms with Gasteiger partial charge in [0.2, 0.25) is 0 Å². The highest BCUT2D eigenvalue weighted by Gasteiger charge is 2.22. The fraction of sp³-hybridized carbons (Fsp3) is 0.312. The third-order valence-corrected chi connectivity index (χ3v) is 3.84. The third-order valence-electron chi connectivity index (χ3n) is 3.84. The summed E-state index contributed by atoms with van der Waals surface area (Å²) >= 11 is 0. The van der Waals surface area contributed by atoms with Crippen LogP contribution in [0.2, 0.25) is 0 Å². The number of rotatable bonds is 4. The number of hydrogen-bond donors (Lipinski definition) is 2. The monoisotopic (exact) mass is 270 g/mol. The number of nitrogens with one attached hydrogen (secondary N) is 1. The Balaban J connectivity index is 1.66. The summed E-state index contributed by atoms with van der Waals surface area (Å²) in [7, 11) is 0. The van der Waals surface area contributed by atoms with Crippen LogP contribution in [0.1, 0.15) is 41.4 Å². The molecule has 1 aliphatic rings. The molecule has 0 unspecified atom stereocenters. The van der Waals surface area contributed by atoms with Gasteiger partial charge in [0.25, 0.3) is 5.91 Å². The highest BCUT2D eigenvalue weighted by molar-refractivity contribution is 5.92. The van der Waals surface area contributed by atoms with Crippen LogP contribution >= 0.6 is 0 Å². The van der Waals surface area contributed by atoms with Crippen molar-refractivity contribution in [3.8, 4) is 5.75 Å². The van der Waals surface area contributed by atoms with Crippen molar-refractivity contribution in [2.45, 2.75) is 31.8 Å². The second-order valence-corrected chi connectivity index (χ2v) is 5.24. The van der Waals surface area contributed by atoms with Crippen LogP contribution in [-0.2, 0) is 6.54 Å². The summed E-state index contributed by atoms with van der Waals surface area (Å²) in [5.74, 6) is 0.153. The number of carbonyl (C=O) groups excluding carboxylic acids is 1. The van der Waals surface area contributed by atoms with Crippen LogP contribution in [0.4, 0.5) is 0 Å². The summed E-state index contributed by atoms with van der Waals surface area (Å²) in [5.41, 5.74) is 1.61. The van der Waals surface area contributed by atoms with E-state index in [2.05, 4.69) is 9.88 Å². The molecule has 104 valence electrons. The lowest BCUT2D eigenvalue weighted by Crippen LogP contribution is -2.28. The lowest BCUT2D eigenvalue weighted by Gasteiger charge is -2.28. The molecule has 0 bridgehead atoms. The maximum absolute atomic E-state index is 12.2. The average molecular weight is 270 g/mol. The van der Waals surface area contributed by atoms with Crippen molar-refractivity contribution in [1.82, 2.24) is 9.88 Å². The van der Waals surface area contributed by atoms with Gasteiger partial charge in [-0.1, -0.05) is 12.1 Å². The van der Waals surface area contributed by atoms with Crippen molar-refractivity contribution in [2.24, 2.45) is 0 Å². The molecule has 4 heteroatoms. The summed E-state index contributed by atoms with van der Waals surface area (Å²) in [6, 6.07) is 11.2. The minimum absolute atomic E-state index is 0.0646. The lowest BCUT2D eigenvalue weighted by molar-refractivity contribution is 0.0935. The molecule has 4 nitrogen and oxygen atoms in total. The second-order valence-electron chi connectivity index (χ2n) is 5.24. The molecule has 1 saturated carbocycles. The first-order valence-electron chi connectivity index (χ1n) is 6.97. The summed E-state index contributed by atoms with van der Waals surface area (Å²) < 4.78 is 2.07. The Morgan fingerprint density at radius 3 is 2.85 bits per heavy atom. The van der Waals surface area contributed by atoms with Gasteiger partial charge >= 0.3 is 0 Å². The smallest absolute Gasteiger partial charge is 0.268 e. The van der Waals surface area contributed by atoms with E-state index >= 15 is 0 Å². The van der Waals surface area contributed by atoms with Gasteiger partial charge < -0.3 is 15.0 Å². The van der Waals surface area contributed by atoms with Crippen LogP contribution < -0.4 is 5.32 Å². The van der Waals surface area contributed by atoms with Crippen molar-refractivity contribution in [3.05, 3.63) is 53.9 Å². The fourth-order valence-corrected chi connectivity index (χ4v) is 2.51. The summed E-state index contributed by atoms with van der Waals surface area (Å²) in [5, 5.41) is 12.3. The van der Waals surface area contributed by atoms with E-state index in [0.717, 1.165) is 24.1 Å². The topological polar surface area (TPSA) is 54.3 Å². The minimum Gasteiger partial charge on any atom is -0.508 e. The van der Waals surface area contributed by atoms with Crippen LogP contribution in [0.25, 0.3) is 0 Å². The number of benzene rings is 1. The number of aromatic nitrogens is 1. The Labute approximate surface area is 118 Å². The van der Waals surface area contributed by atoms with E-state index in [1.54, 1.807) is 18.2 Å². The molecule has 0 aliphatic heterocycles. The maximum Gasteiger partial charge on any atom is 0.268 e. The highest BCUT2D eigenvalue weighted by Crippen LogP contribution is 2.32. The molecule has 0 atom stereocenters. The molecule has 0 spiro atoms. The Morgan fingerprint density at radius 1 is 1.30 bits per heavy atom. The van der Waals surface area contributed by atoms with Crippen molar-refractivity contribution < 1.29 is 9.90 Å². The number of nitrogens with zero attached hydrogens (tertiary/aromatic N) is 1. The van der Waals surface area contributed by atoms with Gasteiger partial charge in [-0.05, 0) is 49.1 Å². The van der Waals surface area contributed by atoms with Crippen molar-refractivity contribution in [3.63, 3.8) is 0 Å². The Hall–Kier alpha value is -2.23. The van der Waals surface area contributed by atoms with Gasteiger partial charge in [0.05, 0.1) is 0 Å². The van der Waals surface area contributed by atoms with E-state index in [9.17, 15) is 9.90 Å². The largest absolute Gasteiger partial charge is 0.508 e. The number of carbonyl (C=O) groups is 1. The van der Waals surface area contributed by atoms with E-state index in [4.69, 9.17) is 0 Å². The number of phenols is 1. The van der Waals surface area contributed by atoms with Crippen molar-refractivity contribution in [1.29, 1.82) is 0 Å². The summed E-state index contributed by atoms with van der Waals surface area (Å²) in [6.45, 7) is 0.420. The molecule has 0 radical (unpaired) electrons. The molecule has 2 aromatic rings. The van der Waals surface area contributed by atoms with E-state index in [1.807, 2.05) is 24.4 Å². The fourth-order valence-electron chi connectivity index (χ4n) is 2.51. The molecule has 1 heterocycles. The quantitative estimate of drug-likeness (QED) is 0.897. The zero-order valence-corrected chi connectivity index (χ0v) is 11.2. The van der Waals surface area contributed by atoms with Gasteiger partial charge in [-0.25, -0.2) is 0 Å². The number of amides is 1. The zero-order chi connectivity index (χ0) is 13.9. The van der Waals surface area contributed by atoms with E-state index in [1.165, 1.54) is 6.42 Å². The zero-order valence-electron chi connectivity index (χ0n) is 11.2. The lowest BCUT2D eigenvalue weighted by atomic mass is 9.93. The van der Waals surface area contributed by atoms with E-state index in [0.29, 0.717) is 12.6 Å². The van der Waals surface area contributed by atoms with Crippen LogP contribution in [0.15, 0.2) is 42.6 Å². The van der Waals surface area contributed by atoms with Crippen molar-refractivity contribution >= 4 is 5.91 Å². The first-order chi connectivity index (χ1) is 9.74. The van der Waals surface area contributed by atoms with Gasteiger partial charge in [0.1, 0.15) is 11.4 Å². The van der Waals surface area contributed by atoms with Crippen LogP contribution in [0.5, 0.6) is 5.75 Å². The highest BCUT2D eigenvalue weighted by atomic mass is 16.3. The van der Waals surface area contributed by atoms with E-state index < -0.39 is 0 Å². The summed E-state index contributed by atoms with van der Waals surface area (Å²) in [4.78, 5) is 12.2. The molecule has 1 aromatic carbocycles. The molecule has 1 fully saturated rings. The normalized spacial score (nSPS) is 14.8.